The molecule has 3 aromatic rings. The van der Waals surface area contributed by atoms with Gasteiger partial charge in [-0.25, -0.2) is 9.59 Å². The van der Waals surface area contributed by atoms with E-state index in [-0.39, 0.29) is 43.4 Å². The molecule has 11 nitrogen and oxygen atoms in total. The van der Waals surface area contributed by atoms with Gasteiger partial charge in [0, 0.05) is 45.4 Å². The van der Waals surface area contributed by atoms with Crippen molar-refractivity contribution < 1.29 is 38.5 Å². The van der Waals surface area contributed by atoms with Crippen LogP contribution in [0.5, 0.6) is 17.2 Å². The Hall–Kier alpha value is -2.14. The Morgan fingerprint density at radius 1 is 0.833 bits per heavy atom. The fraction of sp³-hybridized carbons (Fsp3) is 0.333. The average Bonchev–Trinajstić information content (AvgIpc) is 3.07. The van der Waals surface area contributed by atoms with Crippen molar-refractivity contribution >= 4 is 114 Å². The molecule has 2 N–H and O–H groups in total. The van der Waals surface area contributed by atoms with E-state index in [0.29, 0.717) is 51.2 Å². The topological polar surface area (TPSA) is 135 Å². The molecule has 15 heteroatoms. The quantitative estimate of drug-likeness (QED) is 0.156. The van der Waals surface area contributed by atoms with E-state index in [1.165, 1.54) is 7.11 Å². The smallest absolute Gasteiger partial charge is 0.410 e. The summed E-state index contributed by atoms with van der Waals surface area (Å²) >= 11 is 8.43. The van der Waals surface area contributed by atoms with E-state index in [1.807, 2.05) is 87.6 Å². The monoisotopic (exact) mass is 1110 g/mol. The predicted molar refractivity (Wildman–Crippen MR) is 212 cm³/mol. The van der Waals surface area contributed by atoms with Crippen molar-refractivity contribution in [3.8, 4) is 17.2 Å². The number of aromatic hydroxyl groups is 1. The molecule has 3 amide bonds. The van der Waals surface area contributed by atoms with Gasteiger partial charge in [-0.3, -0.25) is 9.59 Å². The summed E-state index contributed by atoms with van der Waals surface area (Å²) < 4.78 is 19.5. The number of amides is 3. The maximum Gasteiger partial charge on any atom is 0.410 e. The SMILES string of the molecule is COC(=O)[C@H](Cc1cc(I)c(Oc2cc(I)c(O)c(I)c2)c(I)c1)NC(=O)CCCC(=O)N1CCN(C(=O)OCc2ccccc2)CC1. The van der Waals surface area contributed by atoms with Gasteiger partial charge in [-0.15, -0.1) is 0 Å². The Balaban J connectivity index is 1.23. The van der Waals surface area contributed by atoms with E-state index in [4.69, 9.17) is 14.2 Å². The van der Waals surface area contributed by atoms with Gasteiger partial charge in [-0.1, -0.05) is 30.3 Å². The highest BCUT2D eigenvalue weighted by atomic mass is 127. The number of hydrogen-bond donors (Lipinski definition) is 2. The summed E-state index contributed by atoms with van der Waals surface area (Å²) in [6, 6.07) is 15.8. The zero-order chi connectivity index (χ0) is 34.8. The minimum absolute atomic E-state index is 0.0666. The third kappa shape index (κ3) is 11.2. The molecule has 1 fully saturated rings. The number of piperazine rings is 1. The number of rotatable bonds is 12. The van der Waals surface area contributed by atoms with Gasteiger partial charge in [0.15, 0.2) is 5.75 Å². The van der Waals surface area contributed by atoms with E-state index < -0.39 is 18.1 Å². The molecule has 0 aliphatic carbocycles. The van der Waals surface area contributed by atoms with Crippen LogP contribution in [0.2, 0.25) is 0 Å². The van der Waals surface area contributed by atoms with Gasteiger partial charge >= 0.3 is 12.1 Å². The zero-order valence-corrected chi connectivity index (χ0v) is 34.5. The van der Waals surface area contributed by atoms with Gasteiger partial charge in [0.2, 0.25) is 11.8 Å². The largest absolute Gasteiger partial charge is 0.506 e. The number of nitrogens with zero attached hydrogens (tertiary/aromatic N) is 2. The average molecular weight is 1110 g/mol. The standard InChI is InChI=1S/C33H33I4N3O8/c1-46-32(44)27(16-21-14-25(36)31(26(37)15-21)48-22-17-23(34)30(43)24(35)18-22)38-28(41)8-5-9-29(42)39-10-12-40(13-11-39)33(45)47-19-20-6-3-2-4-7-20/h2-4,6-7,14-15,17-18,27,43H,5,8-13,16,19H2,1H3,(H,38,41)/t27-/m0/s1. The third-order valence-corrected chi connectivity index (χ3v) is 10.7. The van der Waals surface area contributed by atoms with E-state index in [0.717, 1.165) is 18.3 Å². The summed E-state index contributed by atoms with van der Waals surface area (Å²) in [5.74, 6) is 0.422. The summed E-state index contributed by atoms with van der Waals surface area (Å²) in [4.78, 5) is 53.9. The van der Waals surface area contributed by atoms with Crippen LogP contribution < -0.4 is 10.1 Å². The molecule has 0 unspecified atom stereocenters. The second kappa shape index (κ2) is 18.7. The second-order valence-electron chi connectivity index (χ2n) is 10.8. The number of carbonyl (C=O) groups is 4. The van der Waals surface area contributed by atoms with Crippen LogP contribution in [-0.4, -0.2) is 78.1 Å². The Kier molecular flexibility index (Phi) is 15.1. The Bertz CT molecular complexity index is 1590. The number of esters is 1. The molecule has 1 atom stereocenters. The van der Waals surface area contributed by atoms with E-state index in [1.54, 1.807) is 21.9 Å². The van der Waals surface area contributed by atoms with Crippen molar-refractivity contribution in [2.75, 3.05) is 33.3 Å². The van der Waals surface area contributed by atoms with Crippen LogP contribution in [-0.2, 0) is 36.9 Å². The first kappa shape index (κ1) is 38.7. The minimum Gasteiger partial charge on any atom is -0.506 e. The van der Waals surface area contributed by atoms with Gasteiger partial charge in [0.05, 0.1) is 21.4 Å². The fourth-order valence-electron chi connectivity index (χ4n) is 4.89. The number of phenols is 1. The summed E-state index contributed by atoms with van der Waals surface area (Å²) in [6.45, 7) is 1.73. The maximum atomic E-state index is 12.8. The number of carbonyl (C=O) groups excluding carboxylic acids is 4. The van der Waals surface area contributed by atoms with Crippen molar-refractivity contribution in [3.63, 3.8) is 0 Å². The number of halogens is 4. The highest BCUT2D eigenvalue weighted by molar-refractivity contribution is 14.1. The summed E-state index contributed by atoms with van der Waals surface area (Å²) in [7, 11) is 1.27. The van der Waals surface area contributed by atoms with Gasteiger partial charge in [-0.05, 0) is 132 Å². The molecule has 48 heavy (non-hydrogen) atoms. The van der Waals surface area contributed by atoms with Crippen molar-refractivity contribution in [2.45, 2.75) is 38.3 Å². The van der Waals surface area contributed by atoms with E-state index in [2.05, 4.69) is 50.5 Å². The summed E-state index contributed by atoms with van der Waals surface area (Å²) in [5, 5.41) is 12.8. The van der Waals surface area contributed by atoms with Crippen LogP contribution in [0.3, 0.4) is 0 Å². The molecule has 1 aliphatic rings. The molecule has 1 heterocycles. The van der Waals surface area contributed by atoms with Crippen molar-refractivity contribution in [1.29, 1.82) is 0 Å². The number of ether oxygens (including phenoxy) is 3. The summed E-state index contributed by atoms with van der Waals surface area (Å²) in [5.41, 5.74) is 1.71. The first-order chi connectivity index (χ1) is 22.9. The van der Waals surface area contributed by atoms with Crippen molar-refractivity contribution in [3.05, 3.63) is 80.0 Å². The first-order valence-electron chi connectivity index (χ1n) is 14.9. The van der Waals surface area contributed by atoms with Crippen molar-refractivity contribution in [2.24, 2.45) is 0 Å². The molecule has 0 spiro atoms. The molecule has 1 aliphatic heterocycles. The normalized spacial score (nSPS) is 13.4. The minimum atomic E-state index is -0.911. The van der Waals surface area contributed by atoms with Crippen LogP contribution in [0.4, 0.5) is 4.79 Å². The Morgan fingerprint density at radius 3 is 2.04 bits per heavy atom. The van der Waals surface area contributed by atoms with Gasteiger partial charge < -0.3 is 34.4 Å². The fourth-order valence-corrected chi connectivity index (χ4v) is 8.72. The molecule has 0 saturated carbocycles. The molecule has 3 aromatic carbocycles. The lowest BCUT2D eigenvalue weighted by Crippen LogP contribution is -2.50. The molecular formula is C33H33I4N3O8. The van der Waals surface area contributed by atoms with Gasteiger partial charge in [-0.2, -0.15) is 0 Å². The first-order valence-corrected chi connectivity index (χ1v) is 19.2. The van der Waals surface area contributed by atoms with Gasteiger partial charge in [0.25, 0.3) is 0 Å². The lowest BCUT2D eigenvalue weighted by molar-refractivity contribution is -0.145. The Labute approximate surface area is 333 Å². The number of phenolic OH excluding ortho intramolecular Hbond substituents is 1. The molecular weight excluding hydrogens is 1070 g/mol. The third-order valence-electron chi connectivity index (χ3n) is 7.42. The number of benzene rings is 3. The lowest BCUT2D eigenvalue weighted by Gasteiger charge is -2.34. The predicted octanol–water partition coefficient (Wildman–Crippen LogP) is 6.45. The molecule has 4 rings (SSSR count). The van der Waals surface area contributed by atoms with Crippen LogP contribution in [0.15, 0.2) is 54.6 Å². The lowest BCUT2D eigenvalue weighted by atomic mass is 10.1. The van der Waals surface area contributed by atoms with E-state index in [9.17, 15) is 24.3 Å². The second-order valence-corrected chi connectivity index (χ2v) is 15.5. The molecule has 1 saturated heterocycles. The van der Waals surface area contributed by atoms with Crippen LogP contribution in [0, 0.1) is 14.3 Å². The van der Waals surface area contributed by atoms with Crippen LogP contribution >= 0.6 is 90.4 Å². The highest BCUT2D eigenvalue weighted by Crippen LogP contribution is 2.37. The molecule has 256 valence electrons. The molecule has 0 bridgehead atoms. The Morgan fingerprint density at radius 2 is 1.44 bits per heavy atom. The number of nitrogens with one attached hydrogen (secondary N) is 1. The highest BCUT2D eigenvalue weighted by Gasteiger charge is 2.26. The van der Waals surface area contributed by atoms with Crippen LogP contribution in [0.25, 0.3) is 0 Å². The number of hydrogen-bond acceptors (Lipinski definition) is 8. The molecule has 0 radical (unpaired) electrons. The van der Waals surface area contributed by atoms with Crippen molar-refractivity contribution in [1.82, 2.24) is 15.1 Å². The number of methoxy groups -OCH3 is 1. The van der Waals surface area contributed by atoms with Crippen LogP contribution in [0.1, 0.15) is 30.4 Å². The van der Waals surface area contributed by atoms with Gasteiger partial charge in [0.1, 0.15) is 24.1 Å². The van der Waals surface area contributed by atoms with E-state index >= 15 is 0 Å². The zero-order valence-electron chi connectivity index (χ0n) is 25.8. The molecule has 0 aromatic heterocycles. The summed E-state index contributed by atoms with van der Waals surface area (Å²) in [6.07, 6.45) is 0.351. The maximum absolute atomic E-state index is 12.8.